The maximum atomic E-state index is 13.9. The number of anilines is 2. The molecule has 0 unspecified atom stereocenters. The first-order valence-corrected chi connectivity index (χ1v) is 16.3. The highest BCUT2D eigenvalue weighted by Gasteiger charge is 2.32. The van der Waals surface area contributed by atoms with Crippen molar-refractivity contribution in [3.8, 4) is 11.5 Å². The Morgan fingerprint density at radius 2 is 1.77 bits per heavy atom. The summed E-state index contributed by atoms with van der Waals surface area (Å²) in [5.41, 5.74) is 3.33. The molecule has 10 nitrogen and oxygen atoms in total. The number of carbonyl (C=O) groups excluding carboxylic acids is 1. The third kappa shape index (κ3) is 8.55. The van der Waals surface area contributed by atoms with Gasteiger partial charge >= 0.3 is 0 Å². The fraction of sp³-hybridized carbons (Fsp3) is 0.406. The van der Waals surface area contributed by atoms with Crippen LogP contribution < -0.4 is 29.7 Å². The van der Waals surface area contributed by atoms with Gasteiger partial charge in [0.1, 0.15) is 11.4 Å². The van der Waals surface area contributed by atoms with Crippen LogP contribution in [-0.2, 0) is 13.0 Å². The van der Waals surface area contributed by atoms with E-state index in [-0.39, 0.29) is 23.6 Å². The van der Waals surface area contributed by atoms with Crippen molar-refractivity contribution in [3.63, 3.8) is 0 Å². The highest BCUT2D eigenvalue weighted by atomic mass is 32.3. The fourth-order valence-electron chi connectivity index (χ4n) is 5.26. The first-order chi connectivity index (χ1) is 20.7. The largest absolute Gasteiger partial charge is 0.497 e. The molecule has 1 aliphatic heterocycles. The highest BCUT2D eigenvalue weighted by molar-refractivity contribution is 8.25. The second-order valence-electron chi connectivity index (χ2n) is 10.6. The van der Waals surface area contributed by atoms with Gasteiger partial charge in [-0.05, 0) is 61.6 Å². The van der Waals surface area contributed by atoms with E-state index in [9.17, 15) is 19.0 Å². The molecule has 0 aliphatic carbocycles. The second-order valence-corrected chi connectivity index (χ2v) is 12.7. The van der Waals surface area contributed by atoms with Crippen molar-refractivity contribution in [3.05, 3.63) is 83.4 Å². The standard InChI is InChI=1S/C32H44N4O6S/c1-4-34-25-19-27(31(42-3)29(20-25)36-15-8-9-16-43(36,39)40)32(38)35-28(18-23-11-6-5-7-12-23)30(37)22-33-21-24-13-10-14-26(17-24)41-2/h5-7,10-14,17,19-20,28,30,33-34,37,39-40H,4,8-9,15-16,18,21-22H2,1-3H3,(H,35,38)/t28-,30-/m0/s1. The van der Waals surface area contributed by atoms with Crippen molar-refractivity contribution in [2.45, 2.75) is 44.9 Å². The third-order valence-corrected chi connectivity index (χ3v) is 9.37. The molecule has 0 saturated carbocycles. The Hall–Kier alpha value is -3.48. The Morgan fingerprint density at radius 1 is 1.00 bits per heavy atom. The van der Waals surface area contributed by atoms with Crippen LogP contribution in [-0.4, -0.2) is 71.9 Å². The van der Waals surface area contributed by atoms with E-state index in [1.54, 1.807) is 23.5 Å². The molecule has 1 amide bonds. The molecular weight excluding hydrogens is 568 g/mol. The van der Waals surface area contributed by atoms with Crippen LogP contribution in [0.5, 0.6) is 11.5 Å². The summed E-state index contributed by atoms with van der Waals surface area (Å²) in [4.78, 5) is 13.9. The van der Waals surface area contributed by atoms with E-state index in [4.69, 9.17) is 9.47 Å². The smallest absolute Gasteiger partial charge is 0.255 e. The molecule has 1 saturated heterocycles. The summed E-state index contributed by atoms with van der Waals surface area (Å²) in [6, 6.07) is 20.3. The normalized spacial score (nSPS) is 16.6. The lowest BCUT2D eigenvalue weighted by Crippen LogP contribution is -2.48. The first-order valence-electron chi connectivity index (χ1n) is 14.6. The first kappa shape index (κ1) is 32.4. The third-order valence-electron chi connectivity index (χ3n) is 7.45. The molecule has 0 bridgehead atoms. The number of benzene rings is 3. The number of methoxy groups -OCH3 is 2. The Kier molecular flexibility index (Phi) is 11.5. The van der Waals surface area contributed by atoms with Gasteiger partial charge < -0.3 is 30.5 Å². The van der Waals surface area contributed by atoms with Crippen LogP contribution in [0.4, 0.5) is 11.4 Å². The fourth-order valence-corrected chi connectivity index (χ4v) is 6.94. The summed E-state index contributed by atoms with van der Waals surface area (Å²) in [6.45, 7) is 3.75. The number of carbonyl (C=O) groups is 1. The van der Waals surface area contributed by atoms with Crippen LogP contribution in [0.25, 0.3) is 0 Å². The van der Waals surface area contributed by atoms with Crippen LogP contribution in [0, 0.1) is 0 Å². The van der Waals surface area contributed by atoms with Crippen molar-refractivity contribution in [1.29, 1.82) is 0 Å². The minimum Gasteiger partial charge on any atom is -0.497 e. The number of hydrogen-bond acceptors (Lipinski definition) is 9. The van der Waals surface area contributed by atoms with Crippen molar-refractivity contribution in [2.75, 3.05) is 49.2 Å². The monoisotopic (exact) mass is 612 g/mol. The molecule has 1 aliphatic rings. The van der Waals surface area contributed by atoms with Crippen LogP contribution in [0.15, 0.2) is 66.7 Å². The zero-order valence-electron chi connectivity index (χ0n) is 25.1. The van der Waals surface area contributed by atoms with Crippen LogP contribution in [0.2, 0.25) is 0 Å². The molecule has 4 rings (SSSR count). The molecule has 43 heavy (non-hydrogen) atoms. The summed E-state index contributed by atoms with van der Waals surface area (Å²) in [5.74, 6) is 0.842. The van der Waals surface area contributed by atoms with Gasteiger partial charge in [-0.1, -0.05) is 42.5 Å². The van der Waals surface area contributed by atoms with Crippen LogP contribution >= 0.6 is 10.8 Å². The number of ether oxygens (including phenoxy) is 2. The van der Waals surface area contributed by atoms with Crippen molar-refractivity contribution >= 4 is 28.1 Å². The molecule has 2 atom stereocenters. The minimum absolute atomic E-state index is 0.240. The van der Waals surface area contributed by atoms with E-state index in [0.717, 1.165) is 23.3 Å². The molecule has 3 aromatic rings. The molecule has 6 N–H and O–H groups in total. The Morgan fingerprint density at radius 3 is 2.47 bits per heavy atom. The van der Waals surface area contributed by atoms with Gasteiger partial charge in [0.25, 0.3) is 5.91 Å². The molecule has 1 heterocycles. The second kappa shape index (κ2) is 15.3. The zero-order chi connectivity index (χ0) is 30.8. The van der Waals surface area contributed by atoms with E-state index in [1.165, 1.54) is 7.11 Å². The molecular formula is C32H44N4O6S. The van der Waals surface area contributed by atoms with Crippen molar-refractivity contribution in [2.24, 2.45) is 0 Å². The lowest BCUT2D eigenvalue weighted by atomic mass is 10.00. The average Bonchev–Trinajstić information content (AvgIpc) is 3.00. The lowest BCUT2D eigenvalue weighted by Gasteiger charge is -2.47. The quantitative estimate of drug-likeness (QED) is 0.150. The van der Waals surface area contributed by atoms with E-state index in [2.05, 4.69) is 16.0 Å². The maximum absolute atomic E-state index is 13.9. The number of nitrogens with one attached hydrogen (secondary N) is 3. The molecule has 234 valence electrons. The summed E-state index contributed by atoms with van der Waals surface area (Å²) in [6.07, 6.45) is 1.00. The molecule has 3 aromatic carbocycles. The van der Waals surface area contributed by atoms with Gasteiger partial charge in [-0.2, -0.15) is 0 Å². The van der Waals surface area contributed by atoms with E-state index in [1.807, 2.05) is 61.5 Å². The predicted octanol–water partition coefficient (Wildman–Crippen LogP) is 4.89. The van der Waals surface area contributed by atoms with Gasteiger partial charge in [-0.15, -0.1) is 10.8 Å². The van der Waals surface area contributed by atoms with E-state index < -0.39 is 28.8 Å². The molecule has 0 aromatic heterocycles. The summed E-state index contributed by atoms with van der Waals surface area (Å²) < 4.78 is 34.4. The van der Waals surface area contributed by atoms with E-state index >= 15 is 0 Å². The van der Waals surface area contributed by atoms with Gasteiger partial charge in [-0.25, -0.2) is 0 Å². The molecule has 0 spiro atoms. The Bertz CT molecular complexity index is 1340. The minimum atomic E-state index is -3.06. The summed E-state index contributed by atoms with van der Waals surface area (Å²) >= 11 is 0. The predicted molar refractivity (Wildman–Crippen MR) is 174 cm³/mol. The van der Waals surface area contributed by atoms with Gasteiger partial charge in [0.05, 0.1) is 37.7 Å². The molecule has 11 heteroatoms. The van der Waals surface area contributed by atoms with Crippen LogP contribution in [0.1, 0.15) is 41.3 Å². The summed E-state index contributed by atoms with van der Waals surface area (Å²) in [7, 11) is 0.0306. The van der Waals surface area contributed by atoms with E-state index in [0.29, 0.717) is 43.9 Å². The number of amides is 1. The van der Waals surface area contributed by atoms with Gasteiger partial charge in [0.2, 0.25) is 0 Å². The highest BCUT2D eigenvalue weighted by Crippen LogP contribution is 2.53. The van der Waals surface area contributed by atoms with Gasteiger partial charge in [-0.3, -0.25) is 18.2 Å². The number of hydrogen-bond donors (Lipinski definition) is 6. The maximum Gasteiger partial charge on any atom is 0.255 e. The summed E-state index contributed by atoms with van der Waals surface area (Å²) in [5, 5.41) is 20.9. The van der Waals surface area contributed by atoms with Crippen molar-refractivity contribution in [1.82, 2.24) is 10.6 Å². The van der Waals surface area contributed by atoms with Crippen LogP contribution in [0.3, 0.4) is 0 Å². The molecule has 1 fully saturated rings. The molecule has 0 radical (unpaired) electrons. The number of aliphatic hydroxyl groups excluding tert-OH is 1. The zero-order valence-corrected chi connectivity index (χ0v) is 25.9. The number of aliphatic hydroxyl groups is 1. The lowest BCUT2D eigenvalue weighted by molar-refractivity contribution is 0.0827. The van der Waals surface area contributed by atoms with Crippen molar-refractivity contribution < 1.29 is 28.5 Å². The Balaban J connectivity index is 1.59. The average molecular weight is 613 g/mol. The number of nitrogens with zero attached hydrogens (tertiary/aromatic N) is 1. The van der Waals surface area contributed by atoms with Gasteiger partial charge in [0, 0.05) is 31.9 Å². The Labute approximate surface area is 255 Å². The van der Waals surface area contributed by atoms with Gasteiger partial charge in [0.15, 0.2) is 5.75 Å². The number of rotatable bonds is 14. The topological polar surface area (TPSA) is 136 Å². The SMILES string of the molecule is CCNc1cc(C(=O)N[C@@H](Cc2ccccc2)[C@@H](O)CNCc2cccc(OC)c2)c(OC)c(N2CCCCS2(O)O)c1.